The first-order valence-electron chi connectivity index (χ1n) is 11.6. The van der Waals surface area contributed by atoms with Crippen molar-refractivity contribution in [1.29, 1.82) is 0 Å². The van der Waals surface area contributed by atoms with E-state index >= 15 is 0 Å². The molecule has 184 valence electrons. The van der Waals surface area contributed by atoms with Gasteiger partial charge in [0.15, 0.2) is 5.69 Å². The summed E-state index contributed by atoms with van der Waals surface area (Å²) in [4.78, 5) is 43.3. The predicted octanol–water partition coefficient (Wildman–Crippen LogP) is 3.20. The van der Waals surface area contributed by atoms with Crippen LogP contribution in [0.15, 0.2) is 113 Å². The number of aromatic nitrogens is 4. The van der Waals surface area contributed by atoms with Crippen LogP contribution < -0.4 is 21.9 Å². The first kappa shape index (κ1) is 23.6. The molecule has 0 aliphatic heterocycles. The third-order valence-electron chi connectivity index (χ3n) is 5.95. The van der Waals surface area contributed by atoms with Crippen LogP contribution in [0.3, 0.4) is 0 Å². The fraction of sp³-hybridized carbons (Fsp3) is 0.0714. The Kier molecular flexibility index (Phi) is 6.50. The number of carbonyl (C=O) groups is 1. The van der Waals surface area contributed by atoms with Crippen molar-refractivity contribution in [3.05, 3.63) is 141 Å². The van der Waals surface area contributed by atoms with Crippen molar-refractivity contribution in [3.63, 3.8) is 0 Å². The van der Waals surface area contributed by atoms with Crippen molar-refractivity contribution >= 4 is 17.4 Å². The van der Waals surface area contributed by atoms with E-state index in [0.29, 0.717) is 0 Å². The first-order chi connectivity index (χ1) is 18.0. The molecule has 3 N–H and O–H groups in total. The van der Waals surface area contributed by atoms with Gasteiger partial charge in [0.2, 0.25) is 0 Å². The van der Waals surface area contributed by atoms with Crippen LogP contribution in [0.4, 0.5) is 11.5 Å². The highest BCUT2D eigenvalue weighted by Gasteiger charge is 2.26. The Bertz CT molecular complexity index is 1640. The smallest absolute Gasteiger partial charge is 0.330 e. The highest BCUT2D eigenvalue weighted by atomic mass is 16.2. The van der Waals surface area contributed by atoms with Crippen molar-refractivity contribution in [2.75, 3.05) is 10.6 Å². The lowest BCUT2D eigenvalue weighted by atomic mass is 10.1. The minimum absolute atomic E-state index is 0.0625. The molecule has 0 radical (unpaired) electrons. The summed E-state index contributed by atoms with van der Waals surface area (Å²) in [5, 5.41) is 4.32. The summed E-state index contributed by atoms with van der Waals surface area (Å²) in [7, 11) is 0. The lowest BCUT2D eigenvalue weighted by molar-refractivity contribution is 0.0984. The number of nitrogens with zero attached hydrogens (tertiary/aromatic N) is 4. The molecule has 2 aromatic heterocycles. The molecule has 37 heavy (non-hydrogen) atoms. The van der Waals surface area contributed by atoms with E-state index in [2.05, 4.69) is 10.1 Å². The minimum Gasteiger partial charge on any atom is -0.383 e. The van der Waals surface area contributed by atoms with Crippen LogP contribution in [0.1, 0.15) is 21.5 Å². The van der Waals surface area contributed by atoms with Gasteiger partial charge in [0.1, 0.15) is 5.82 Å². The third-order valence-corrected chi connectivity index (χ3v) is 5.95. The van der Waals surface area contributed by atoms with Crippen molar-refractivity contribution in [2.45, 2.75) is 13.1 Å². The number of aromatic amines is 1. The zero-order valence-corrected chi connectivity index (χ0v) is 19.8. The summed E-state index contributed by atoms with van der Waals surface area (Å²) in [5.41, 5.74) is 7.58. The quantitative estimate of drug-likeness (QED) is 0.362. The van der Waals surface area contributed by atoms with Crippen molar-refractivity contribution in [1.82, 2.24) is 19.3 Å². The van der Waals surface area contributed by atoms with Crippen molar-refractivity contribution in [3.8, 4) is 5.69 Å². The molecule has 1 amide bonds. The lowest BCUT2D eigenvalue weighted by Crippen LogP contribution is -2.41. The van der Waals surface area contributed by atoms with E-state index in [-0.39, 0.29) is 30.2 Å². The number of rotatable bonds is 7. The van der Waals surface area contributed by atoms with Crippen LogP contribution in [0.5, 0.6) is 0 Å². The van der Waals surface area contributed by atoms with E-state index in [1.807, 2.05) is 91.0 Å². The molecule has 5 aromatic rings. The van der Waals surface area contributed by atoms with E-state index in [9.17, 15) is 14.4 Å². The van der Waals surface area contributed by atoms with E-state index in [0.717, 1.165) is 16.8 Å². The Morgan fingerprint density at radius 1 is 0.865 bits per heavy atom. The van der Waals surface area contributed by atoms with Gasteiger partial charge < -0.3 is 5.73 Å². The number of benzene rings is 3. The lowest BCUT2D eigenvalue weighted by Gasteiger charge is -2.24. The summed E-state index contributed by atoms with van der Waals surface area (Å²) in [6.45, 7) is 0.196. The fourth-order valence-corrected chi connectivity index (χ4v) is 4.09. The van der Waals surface area contributed by atoms with Gasteiger partial charge in [0.05, 0.1) is 30.5 Å². The molecule has 0 aliphatic carbocycles. The second-order valence-electron chi connectivity index (χ2n) is 8.45. The molecule has 0 atom stereocenters. The normalized spacial score (nSPS) is 10.8. The Morgan fingerprint density at radius 3 is 2.11 bits per heavy atom. The number of nitrogens with one attached hydrogen (secondary N) is 1. The molecular weight excluding hydrogens is 468 g/mol. The molecule has 0 aliphatic rings. The summed E-state index contributed by atoms with van der Waals surface area (Å²) in [5.74, 6) is -0.578. The molecule has 2 heterocycles. The van der Waals surface area contributed by atoms with Gasteiger partial charge in [0.25, 0.3) is 11.5 Å². The van der Waals surface area contributed by atoms with Gasteiger partial charge in [-0.15, -0.1) is 0 Å². The van der Waals surface area contributed by atoms with Gasteiger partial charge in [0, 0.05) is 6.20 Å². The number of anilines is 2. The number of H-pyrrole nitrogens is 1. The second-order valence-corrected chi connectivity index (χ2v) is 8.45. The van der Waals surface area contributed by atoms with Crippen LogP contribution >= 0.6 is 0 Å². The number of para-hydroxylation sites is 1. The number of carbonyl (C=O) groups excluding carboxylic acids is 1. The average molecular weight is 493 g/mol. The topological polar surface area (TPSA) is 119 Å². The molecule has 9 heteroatoms. The molecule has 0 bridgehead atoms. The highest BCUT2D eigenvalue weighted by Crippen LogP contribution is 2.23. The summed E-state index contributed by atoms with van der Waals surface area (Å²) in [6, 6.07) is 27.9. The summed E-state index contributed by atoms with van der Waals surface area (Å²) >= 11 is 0. The maximum Gasteiger partial charge on any atom is 0.330 e. The molecule has 0 saturated carbocycles. The van der Waals surface area contributed by atoms with Gasteiger partial charge >= 0.3 is 5.69 Å². The van der Waals surface area contributed by atoms with Crippen molar-refractivity contribution < 1.29 is 4.79 Å². The van der Waals surface area contributed by atoms with Crippen LogP contribution in [-0.4, -0.2) is 25.2 Å². The maximum absolute atomic E-state index is 13.8. The number of amides is 1. The van der Waals surface area contributed by atoms with Crippen LogP contribution in [-0.2, 0) is 13.1 Å². The Morgan fingerprint density at radius 2 is 1.46 bits per heavy atom. The zero-order chi connectivity index (χ0) is 25.8. The number of nitrogens with two attached hydrogens (primary N) is 1. The van der Waals surface area contributed by atoms with E-state index in [1.54, 1.807) is 10.9 Å². The monoisotopic (exact) mass is 492 g/mol. The Balaban J connectivity index is 1.60. The zero-order valence-electron chi connectivity index (χ0n) is 19.8. The molecule has 0 spiro atoms. The SMILES string of the molecule is Nc1c(N(Cc2ccccc2)C(=O)c2cnn(-c3ccccc3)c2)c(=O)[nH]c(=O)n1Cc1ccccc1. The summed E-state index contributed by atoms with van der Waals surface area (Å²) < 4.78 is 2.84. The second kappa shape index (κ2) is 10.2. The van der Waals surface area contributed by atoms with Gasteiger partial charge in [-0.25, -0.2) is 9.48 Å². The molecule has 5 rings (SSSR count). The third kappa shape index (κ3) is 4.96. The Labute approximate surface area is 212 Å². The van der Waals surface area contributed by atoms with E-state index in [1.165, 1.54) is 15.7 Å². The minimum atomic E-state index is -0.744. The van der Waals surface area contributed by atoms with Crippen molar-refractivity contribution in [2.24, 2.45) is 0 Å². The Hall–Kier alpha value is -5.18. The van der Waals surface area contributed by atoms with Crippen LogP contribution in [0.2, 0.25) is 0 Å². The van der Waals surface area contributed by atoms with Crippen LogP contribution in [0.25, 0.3) is 5.69 Å². The van der Waals surface area contributed by atoms with Gasteiger partial charge in [-0.3, -0.25) is 24.0 Å². The molecule has 9 nitrogen and oxygen atoms in total. The average Bonchev–Trinajstić information content (AvgIpc) is 3.42. The van der Waals surface area contributed by atoms with Gasteiger partial charge in [-0.05, 0) is 23.3 Å². The van der Waals surface area contributed by atoms with Gasteiger partial charge in [-0.1, -0.05) is 78.9 Å². The number of hydrogen-bond donors (Lipinski definition) is 2. The molecule has 0 fully saturated rings. The molecule has 3 aromatic carbocycles. The first-order valence-corrected chi connectivity index (χ1v) is 11.6. The fourth-order valence-electron chi connectivity index (χ4n) is 4.09. The van der Waals surface area contributed by atoms with Gasteiger partial charge in [-0.2, -0.15) is 5.10 Å². The predicted molar refractivity (Wildman–Crippen MR) is 142 cm³/mol. The number of nitrogen functional groups attached to an aromatic ring is 1. The largest absolute Gasteiger partial charge is 0.383 e. The molecular formula is C28H24N6O3. The summed E-state index contributed by atoms with van der Waals surface area (Å²) in [6.07, 6.45) is 3.04. The maximum atomic E-state index is 13.8. The van der Waals surface area contributed by atoms with E-state index in [4.69, 9.17) is 5.73 Å². The van der Waals surface area contributed by atoms with E-state index < -0.39 is 17.2 Å². The highest BCUT2D eigenvalue weighted by molar-refractivity contribution is 6.06. The number of hydrogen-bond acceptors (Lipinski definition) is 5. The van der Waals surface area contributed by atoms with Crippen LogP contribution in [0, 0.1) is 0 Å². The molecule has 0 unspecified atom stereocenters. The molecule has 0 saturated heterocycles. The standard InChI is InChI=1S/C28H24N6O3/c29-25-24(26(35)31-28(37)33(25)18-21-12-6-2-7-13-21)32(17-20-10-4-1-5-11-20)27(36)22-16-30-34(19-22)23-14-8-3-9-15-23/h1-16,19H,17-18,29H2,(H,31,35,37).